The summed E-state index contributed by atoms with van der Waals surface area (Å²) < 4.78 is 0. The minimum absolute atomic E-state index is 0.357. The zero-order chi connectivity index (χ0) is 17.3. The minimum Gasteiger partial charge on any atom is -0.0991 e. The molecular weight excluding hydrogens is 300 g/mol. The largest absolute Gasteiger partial charge is 0.0991 e. The molecule has 0 spiro atoms. The number of hydrogen-bond acceptors (Lipinski definition) is 0. The summed E-state index contributed by atoms with van der Waals surface area (Å²) in [5.74, 6) is 0. The standard InChI is InChI=1S/C25H20/c1-3-12-23-19(2)22-17-10-11-18-24(22)25(23,20-13-6-4-7-14-20)21-15-8-5-9-16-21/h3-18H,1-2H2/b23-12+. The van der Waals surface area contributed by atoms with E-state index in [-0.39, 0.29) is 5.41 Å². The van der Waals surface area contributed by atoms with Crippen molar-refractivity contribution in [2.45, 2.75) is 5.41 Å². The fourth-order valence-electron chi connectivity index (χ4n) is 4.10. The van der Waals surface area contributed by atoms with Gasteiger partial charge in [0.15, 0.2) is 0 Å². The highest BCUT2D eigenvalue weighted by atomic mass is 14.5. The summed E-state index contributed by atoms with van der Waals surface area (Å²) in [6.07, 6.45) is 3.98. The Morgan fingerprint density at radius 3 is 1.76 bits per heavy atom. The van der Waals surface area contributed by atoms with Crippen molar-refractivity contribution < 1.29 is 0 Å². The maximum Gasteiger partial charge on any atom is 0.0713 e. The maximum absolute atomic E-state index is 4.43. The molecule has 25 heavy (non-hydrogen) atoms. The molecule has 0 heteroatoms. The molecule has 0 amide bonds. The molecule has 0 saturated heterocycles. The summed E-state index contributed by atoms with van der Waals surface area (Å²) in [7, 11) is 0. The van der Waals surface area contributed by atoms with Crippen LogP contribution < -0.4 is 0 Å². The van der Waals surface area contributed by atoms with Gasteiger partial charge in [0, 0.05) is 0 Å². The molecule has 0 heterocycles. The molecule has 3 aromatic rings. The topological polar surface area (TPSA) is 0 Å². The Morgan fingerprint density at radius 2 is 1.20 bits per heavy atom. The Hall–Kier alpha value is -3.12. The van der Waals surface area contributed by atoms with Gasteiger partial charge in [-0.2, -0.15) is 0 Å². The highest BCUT2D eigenvalue weighted by Crippen LogP contribution is 2.56. The van der Waals surface area contributed by atoms with E-state index in [9.17, 15) is 0 Å². The van der Waals surface area contributed by atoms with Crippen molar-refractivity contribution in [1.82, 2.24) is 0 Å². The van der Waals surface area contributed by atoms with Gasteiger partial charge in [0.25, 0.3) is 0 Å². The number of benzene rings is 3. The molecule has 3 aromatic carbocycles. The molecule has 0 aliphatic heterocycles. The predicted molar refractivity (Wildman–Crippen MR) is 107 cm³/mol. The van der Waals surface area contributed by atoms with Crippen molar-refractivity contribution in [2.24, 2.45) is 0 Å². The molecular formula is C25H20. The zero-order valence-electron chi connectivity index (χ0n) is 14.2. The van der Waals surface area contributed by atoms with Gasteiger partial charge in [0.1, 0.15) is 0 Å². The number of fused-ring (bicyclic) bond motifs is 1. The van der Waals surface area contributed by atoms with Crippen LogP contribution in [0, 0.1) is 0 Å². The molecule has 0 aromatic heterocycles. The molecule has 120 valence electrons. The van der Waals surface area contributed by atoms with Crippen LogP contribution in [0.25, 0.3) is 5.57 Å². The van der Waals surface area contributed by atoms with Crippen LogP contribution in [0.3, 0.4) is 0 Å². The van der Waals surface area contributed by atoms with Gasteiger partial charge in [-0.3, -0.25) is 0 Å². The third kappa shape index (κ3) is 2.15. The lowest BCUT2D eigenvalue weighted by atomic mass is 9.67. The average Bonchev–Trinajstić information content (AvgIpc) is 2.93. The zero-order valence-corrected chi connectivity index (χ0v) is 14.2. The Kier molecular flexibility index (Phi) is 3.74. The molecule has 0 radical (unpaired) electrons. The van der Waals surface area contributed by atoms with Crippen LogP contribution in [-0.4, -0.2) is 0 Å². The van der Waals surface area contributed by atoms with Gasteiger partial charge in [0.05, 0.1) is 5.41 Å². The smallest absolute Gasteiger partial charge is 0.0713 e. The third-order valence-corrected chi connectivity index (χ3v) is 5.08. The van der Waals surface area contributed by atoms with Gasteiger partial charge in [-0.25, -0.2) is 0 Å². The van der Waals surface area contributed by atoms with Gasteiger partial charge < -0.3 is 0 Å². The summed E-state index contributed by atoms with van der Waals surface area (Å²) in [4.78, 5) is 0. The van der Waals surface area contributed by atoms with E-state index < -0.39 is 0 Å². The van der Waals surface area contributed by atoms with E-state index in [1.807, 2.05) is 6.08 Å². The lowest BCUT2D eigenvalue weighted by Gasteiger charge is -2.34. The second-order valence-corrected chi connectivity index (χ2v) is 6.32. The maximum atomic E-state index is 4.43. The highest BCUT2D eigenvalue weighted by molar-refractivity contribution is 5.93. The van der Waals surface area contributed by atoms with Crippen LogP contribution in [0.1, 0.15) is 22.3 Å². The van der Waals surface area contributed by atoms with E-state index in [0.717, 1.165) is 5.57 Å². The van der Waals surface area contributed by atoms with Crippen LogP contribution >= 0.6 is 0 Å². The average molecular weight is 320 g/mol. The van der Waals surface area contributed by atoms with E-state index >= 15 is 0 Å². The fraction of sp³-hybridized carbons (Fsp3) is 0.0400. The van der Waals surface area contributed by atoms with E-state index in [1.165, 1.54) is 27.8 Å². The fourth-order valence-corrected chi connectivity index (χ4v) is 4.10. The Morgan fingerprint density at radius 1 is 0.680 bits per heavy atom. The van der Waals surface area contributed by atoms with Crippen molar-refractivity contribution in [2.75, 3.05) is 0 Å². The highest BCUT2D eigenvalue weighted by Gasteiger charge is 2.47. The minimum atomic E-state index is -0.357. The van der Waals surface area contributed by atoms with Crippen LogP contribution in [0.5, 0.6) is 0 Å². The molecule has 0 nitrogen and oxygen atoms in total. The summed E-state index contributed by atoms with van der Waals surface area (Å²) in [5.41, 5.74) is 6.91. The molecule has 0 atom stereocenters. The van der Waals surface area contributed by atoms with Gasteiger partial charge in [0.2, 0.25) is 0 Å². The molecule has 1 aliphatic rings. The van der Waals surface area contributed by atoms with Crippen LogP contribution in [0.2, 0.25) is 0 Å². The Balaban J connectivity index is 2.18. The molecule has 0 saturated carbocycles. The van der Waals surface area contributed by atoms with Crippen molar-refractivity contribution in [1.29, 1.82) is 0 Å². The normalized spacial score (nSPS) is 16.6. The summed E-state index contributed by atoms with van der Waals surface area (Å²) in [6.45, 7) is 8.38. The predicted octanol–water partition coefficient (Wildman–Crippen LogP) is 6.16. The van der Waals surface area contributed by atoms with E-state index in [2.05, 4.69) is 104 Å². The molecule has 0 N–H and O–H groups in total. The van der Waals surface area contributed by atoms with Crippen LogP contribution in [0.15, 0.2) is 116 Å². The lowest BCUT2D eigenvalue weighted by Crippen LogP contribution is -2.28. The van der Waals surface area contributed by atoms with Crippen LogP contribution in [0.4, 0.5) is 0 Å². The van der Waals surface area contributed by atoms with Gasteiger partial charge in [-0.15, -0.1) is 0 Å². The van der Waals surface area contributed by atoms with Gasteiger partial charge in [-0.1, -0.05) is 110 Å². The second kappa shape index (κ2) is 6.07. The molecule has 0 bridgehead atoms. The first-order valence-corrected chi connectivity index (χ1v) is 8.53. The van der Waals surface area contributed by atoms with Crippen molar-refractivity contribution in [3.63, 3.8) is 0 Å². The molecule has 1 aliphatic carbocycles. The molecule has 0 fully saturated rings. The van der Waals surface area contributed by atoms with E-state index in [4.69, 9.17) is 0 Å². The summed E-state index contributed by atoms with van der Waals surface area (Å²) >= 11 is 0. The van der Waals surface area contributed by atoms with Crippen molar-refractivity contribution >= 4 is 5.57 Å². The summed E-state index contributed by atoms with van der Waals surface area (Å²) in [6, 6.07) is 30.0. The van der Waals surface area contributed by atoms with Crippen molar-refractivity contribution in [3.8, 4) is 0 Å². The number of rotatable bonds is 3. The Labute approximate surface area is 149 Å². The Bertz CT molecular complexity index is 920. The quantitative estimate of drug-likeness (QED) is 0.542. The third-order valence-electron chi connectivity index (χ3n) is 5.08. The first-order valence-electron chi connectivity index (χ1n) is 8.53. The first kappa shape index (κ1) is 15.4. The summed E-state index contributed by atoms with van der Waals surface area (Å²) in [5, 5.41) is 0. The number of hydrogen-bond donors (Lipinski definition) is 0. The van der Waals surface area contributed by atoms with Crippen LogP contribution in [-0.2, 0) is 5.41 Å². The SMILES string of the molecule is C=C/C=C1\C(=C)c2ccccc2C1(c1ccccc1)c1ccccc1. The van der Waals surface area contributed by atoms with Gasteiger partial charge in [-0.05, 0) is 33.4 Å². The lowest BCUT2D eigenvalue weighted by molar-refractivity contribution is 0.769. The van der Waals surface area contributed by atoms with Gasteiger partial charge >= 0.3 is 0 Å². The van der Waals surface area contributed by atoms with E-state index in [0.29, 0.717) is 0 Å². The molecule has 0 unspecified atom stereocenters. The molecule has 4 rings (SSSR count). The first-order chi connectivity index (χ1) is 12.3. The number of allylic oxidation sites excluding steroid dienone is 4. The monoisotopic (exact) mass is 320 g/mol. The van der Waals surface area contributed by atoms with Crippen molar-refractivity contribution in [3.05, 3.63) is 138 Å². The van der Waals surface area contributed by atoms with E-state index in [1.54, 1.807) is 0 Å². The second-order valence-electron chi connectivity index (χ2n) is 6.32.